The van der Waals surface area contributed by atoms with E-state index in [9.17, 15) is 9.59 Å². The first kappa shape index (κ1) is 22.0. The fourth-order valence-corrected chi connectivity index (χ4v) is 5.34. The van der Waals surface area contributed by atoms with Crippen LogP contribution in [0.1, 0.15) is 51.6 Å². The molecule has 0 spiro atoms. The quantitative estimate of drug-likeness (QED) is 0.587. The number of amides is 1. The van der Waals surface area contributed by atoms with Crippen molar-refractivity contribution in [1.82, 2.24) is 9.80 Å². The van der Waals surface area contributed by atoms with Crippen LogP contribution < -0.4 is 0 Å². The molecule has 1 atom stereocenters. The molecule has 31 heavy (non-hydrogen) atoms. The van der Waals surface area contributed by atoms with Gasteiger partial charge in [-0.3, -0.25) is 4.79 Å². The Labute approximate surface area is 192 Å². The van der Waals surface area contributed by atoms with Gasteiger partial charge in [-0.2, -0.15) is 0 Å². The Kier molecular flexibility index (Phi) is 6.44. The summed E-state index contributed by atoms with van der Waals surface area (Å²) in [6.07, 6.45) is 2.10. The number of likely N-dealkylation sites (tertiary alicyclic amines) is 1. The van der Waals surface area contributed by atoms with Gasteiger partial charge in [-0.1, -0.05) is 41.6 Å². The zero-order valence-corrected chi connectivity index (χ0v) is 19.5. The number of hydrogen-bond donors (Lipinski definition) is 0. The van der Waals surface area contributed by atoms with Crippen molar-refractivity contribution in [2.45, 2.75) is 52.2 Å². The third-order valence-electron chi connectivity index (χ3n) is 5.55. The SMILES string of the molecule is CC1=C(C(=O)OC(C)C)[C@H](c2ccccc2Cl)N2C(CC(=O)N3CCCC3)=CSC2=N1. The van der Waals surface area contributed by atoms with E-state index in [0.717, 1.165) is 42.4 Å². The minimum absolute atomic E-state index is 0.0982. The average Bonchev–Trinajstić information content (AvgIpc) is 3.37. The van der Waals surface area contributed by atoms with Crippen molar-refractivity contribution in [3.05, 3.63) is 57.2 Å². The minimum atomic E-state index is -0.500. The normalized spacial score (nSPS) is 20.7. The van der Waals surface area contributed by atoms with Crippen LogP contribution in [0.15, 0.2) is 51.6 Å². The van der Waals surface area contributed by atoms with E-state index in [1.807, 2.05) is 60.2 Å². The van der Waals surface area contributed by atoms with Crippen LogP contribution in [0.3, 0.4) is 0 Å². The number of carbonyl (C=O) groups is 2. The summed E-state index contributed by atoms with van der Waals surface area (Å²) < 4.78 is 5.56. The number of benzene rings is 1. The summed E-state index contributed by atoms with van der Waals surface area (Å²) in [6, 6.07) is 6.98. The number of ether oxygens (including phenoxy) is 1. The number of carbonyl (C=O) groups excluding carboxylic acids is 2. The highest BCUT2D eigenvalue weighted by Gasteiger charge is 2.42. The Morgan fingerprint density at radius 3 is 2.65 bits per heavy atom. The first-order chi connectivity index (χ1) is 14.9. The number of rotatable bonds is 5. The van der Waals surface area contributed by atoms with Crippen LogP contribution in [-0.2, 0) is 14.3 Å². The lowest BCUT2D eigenvalue weighted by Crippen LogP contribution is -2.38. The maximum absolute atomic E-state index is 13.1. The van der Waals surface area contributed by atoms with Crippen LogP contribution >= 0.6 is 23.4 Å². The van der Waals surface area contributed by atoms with Crippen LogP contribution in [0.2, 0.25) is 5.02 Å². The smallest absolute Gasteiger partial charge is 0.338 e. The molecule has 4 rings (SSSR count). The number of nitrogens with zero attached hydrogens (tertiary/aromatic N) is 3. The molecule has 0 bridgehead atoms. The highest BCUT2D eigenvalue weighted by atomic mass is 35.5. The second kappa shape index (κ2) is 9.09. The van der Waals surface area contributed by atoms with Crippen molar-refractivity contribution in [2.75, 3.05) is 13.1 Å². The summed E-state index contributed by atoms with van der Waals surface area (Å²) in [5, 5.41) is 3.26. The Morgan fingerprint density at radius 2 is 1.97 bits per heavy atom. The molecule has 3 aliphatic heterocycles. The maximum Gasteiger partial charge on any atom is 0.338 e. The van der Waals surface area contributed by atoms with E-state index in [2.05, 4.69) is 4.99 Å². The van der Waals surface area contributed by atoms with E-state index in [4.69, 9.17) is 16.3 Å². The molecule has 6 nitrogen and oxygen atoms in total. The zero-order chi connectivity index (χ0) is 22.1. The second-order valence-corrected chi connectivity index (χ2v) is 9.38. The third-order valence-corrected chi connectivity index (χ3v) is 6.79. The van der Waals surface area contributed by atoms with Crippen LogP contribution in [0.4, 0.5) is 0 Å². The molecule has 3 heterocycles. The van der Waals surface area contributed by atoms with Crippen molar-refractivity contribution in [3.63, 3.8) is 0 Å². The standard InChI is InChI=1S/C23H26ClN3O3S/c1-14(2)30-22(29)20-15(3)25-23-27(21(20)17-8-4-5-9-18(17)24)16(13-31-23)12-19(28)26-10-6-7-11-26/h4-5,8-9,13-14,21H,6-7,10-12H2,1-3H3/t21-/m0/s1. The number of aliphatic imine (C=N–C) groups is 1. The molecule has 0 aromatic heterocycles. The summed E-state index contributed by atoms with van der Waals surface area (Å²) in [5.41, 5.74) is 2.67. The van der Waals surface area contributed by atoms with E-state index in [1.165, 1.54) is 11.8 Å². The molecule has 0 unspecified atom stereocenters. The molecule has 3 aliphatic rings. The van der Waals surface area contributed by atoms with Gasteiger partial charge in [0.2, 0.25) is 5.91 Å². The predicted molar refractivity (Wildman–Crippen MR) is 124 cm³/mol. The molecule has 1 aromatic carbocycles. The Balaban J connectivity index is 1.73. The summed E-state index contributed by atoms with van der Waals surface area (Å²) >= 11 is 8.05. The second-order valence-electron chi connectivity index (χ2n) is 8.13. The van der Waals surface area contributed by atoms with Gasteiger partial charge >= 0.3 is 5.97 Å². The summed E-state index contributed by atoms with van der Waals surface area (Å²) in [4.78, 5) is 34.6. The van der Waals surface area contributed by atoms with E-state index in [0.29, 0.717) is 16.3 Å². The lowest BCUT2D eigenvalue weighted by Gasteiger charge is -2.37. The van der Waals surface area contributed by atoms with Gasteiger partial charge in [0, 0.05) is 23.8 Å². The van der Waals surface area contributed by atoms with E-state index >= 15 is 0 Å². The summed E-state index contributed by atoms with van der Waals surface area (Å²) in [5.74, 6) is -0.316. The average molecular weight is 460 g/mol. The Hall–Kier alpha value is -2.25. The van der Waals surface area contributed by atoms with E-state index in [-0.39, 0.29) is 18.4 Å². The van der Waals surface area contributed by atoms with Crippen molar-refractivity contribution < 1.29 is 14.3 Å². The molecular formula is C23H26ClN3O3S. The van der Waals surface area contributed by atoms with Gasteiger partial charge in [0.15, 0.2) is 5.17 Å². The third kappa shape index (κ3) is 4.39. The molecule has 0 aliphatic carbocycles. The molecule has 1 saturated heterocycles. The molecular weight excluding hydrogens is 434 g/mol. The number of halogens is 1. The lowest BCUT2D eigenvalue weighted by atomic mass is 9.93. The van der Waals surface area contributed by atoms with Gasteiger partial charge in [-0.25, -0.2) is 9.79 Å². The summed E-state index contributed by atoms with van der Waals surface area (Å²) in [7, 11) is 0. The highest BCUT2D eigenvalue weighted by Crippen LogP contribution is 2.46. The monoisotopic (exact) mass is 459 g/mol. The van der Waals surface area contributed by atoms with Crippen molar-refractivity contribution >= 4 is 40.4 Å². The number of allylic oxidation sites excluding steroid dienone is 1. The van der Waals surface area contributed by atoms with E-state index < -0.39 is 12.0 Å². The van der Waals surface area contributed by atoms with Crippen LogP contribution in [-0.4, -0.2) is 46.0 Å². The fraction of sp³-hybridized carbons (Fsp3) is 0.435. The molecule has 8 heteroatoms. The van der Waals surface area contributed by atoms with Gasteiger partial charge in [-0.05, 0) is 50.7 Å². The molecule has 1 aromatic rings. The van der Waals surface area contributed by atoms with E-state index in [1.54, 1.807) is 0 Å². The number of thioether (sulfide) groups is 1. The number of hydrogen-bond acceptors (Lipinski definition) is 6. The molecule has 0 radical (unpaired) electrons. The van der Waals surface area contributed by atoms with Gasteiger partial charge in [-0.15, -0.1) is 0 Å². The highest BCUT2D eigenvalue weighted by molar-refractivity contribution is 8.16. The van der Waals surface area contributed by atoms with Crippen LogP contribution in [0, 0.1) is 0 Å². The zero-order valence-electron chi connectivity index (χ0n) is 17.9. The van der Waals surface area contributed by atoms with Crippen molar-refractivity contribution in [3.8, 4) is 0 Å². The Morgan fingerprint density at radius 1 is 1.26 bits per heavy atom. The number of esters is 1. The number of amidine groups is 1. The molecule has 1 amide bonds. The summed E-state index contributed by atoms with van der Waals surface area (Å²) in [6.45, 7) is 7.07. The first-order valence-electron chi connectivity index (χ1n) is 10.5. The lowest BCUT2D eigenvalue weighted by molar-refractivity contribution is -0.143. The molecule has 0 N–H and O–H groups in total. The van der Waals surface area contributed by atoms with Crippen molar-refractivity contribution in [1.29, 1.82) is 0 Å². The largest absolute Gasteiger partial charge is 0.459 e. The maximum atomic E-state index is 13.1. The van der Waals surface area contributed by atoms with Gasteiger partial charge in [0.1, 0.15) is 0 Å². The molecule has 164 valence electrons. The Bertz CT molecular complexity index is 996. The van der Waals surface area contributed by atoms with Crippen molar-refractivity contribution in [2.24, 2.45) is 4.99 Å². The van der Waals surface area contributed by atoms with Gasteiger partial charge in [0.25, 0.3) is 0 Å². The minimum Gasteiger partial charge on any atom is -0.459 e. The van der Waals surface area contributed by atoms with Gasteiger partial charge in [0.05, 0.1) is 29.8 Å². The molecule has 1 fully saturated rings. The van der Waals surface area contributed by atoms with Crippen LogP contribution in [0.25, 0.3) is 0 Å². The number of fused-ring (bicyclic) bond motifs is 1. The fourth-order valence-electron chi connectivity index (χ4n) is 4.13. The molecule has 0 saturated carbocycles. The van der Waals surface area contributed by atoms with Gasteiger partial charge < -0.3 is 14.5 Å². The predicted octanol–water partition coefficient (Wildman–Crippen LogP) is 4.88. The first-order valence-corrected chi connectivity index (χ1v) is 11.8. The van der Waals surface area contributed by atoms with Crippen LogP contribution in [0.5, 0.6) is 0 Å². The topological polar surface area (TPSA) is 62.2 Å².